The smallest absolute Gasteiger partial charge is 0.319 e. The molecule has 0 aromatic heterocycles. The second-order valence-corrected chi connectivity index (χ2v) is 12.0. The highest BCUT2D eigenvalue weighted by atomic mass is 16.2. The Morgan fingerprint density at radius 3 is 1.53 bits per heavy atom. The third kappa shape index (κ3) is 7.42. The standard InChI is InChI=1S/C26H42N4O2/c1-17-10-21(15-25(3,4)13-17)29-23(31)27-19-8-7-9-20(12-19)28-24(32)30-22-11-18(2)14-26(5,6)16-22/h7-9,12,17-18,21-22H,10-11,13-16H2,1-6H3,(H2,27,29,31)(H2,28,30,32)/t17-,18-,21-,22+/m1/s1. The maximum Gasteiger partial charge on any atom is 0.319 e. The first kappa shape index (κ1) is 24.4. The lowest BCUT2D eigenvalue weighted by Crippen LogP contribution is -2.44. The van der Waals surface area contributed by atoms with Crippen LogP contribution in [-0.4, -0.2) is 24.1 Å². The fraction of sp³-hybridized carbons (Fsp3) is 0.692. The van der Waals surface area contributed by atoms with Crippen molar-refractivity contribution in [1.29, 1.82) is 0 Å². The minimum Gasteiger partial charge on any atom is -0.335 e. The van der Waals surface area contributed by atoms with Crippen LogP contribution in [0.3, 0.4) is 0 Å². The Balaban J connectivity index is 1.51. The molecule has 178 valence electrons. The van der Waals surface area contributed by atoms with E-state index in [0.717, 1.165) is 25.7 Å². The molecule has 32 heavy (non-hydrogen) atoms. The van der Waals surface area contributed by atoms with Crippen molar-refractivity contribution >= 4 is 23.4 Å². The Bertz CT molecular complexity index is 757. The highest BCUT2D eigenvalue weighted by Gasteiger charge is 2.33. The minimum absolute atomic E-state index is 0.183. The Labute approximate surface area is 193 Å². The molecule has 2 fully saturated rings. The molecule has 0 saturated heterocycles. The number of benzene rings is 1. The molecule has 4 amide bonds. The van der Waals surface area contributed by atoms with Gasteiger partial charge >= 0.3 is 12.1 Å². The van der Waals surface area contributed by atoms with Crippen molar-refractivity contribution in [2.24, 2.45) is 22.7 Å². The van der Waals surface area contributed by atoms with Gasteiger partial charge in [0.1, 0.15) is 0 Å². The summed E-state index contributed by atoms with van der Waals surface area (Å²) in [6, 6.07) is 7.27. The Morgan fingerprint density at radius 1 is 0.750 bits per heavy atom. The number of carbonyl (C=O) groups excluding carboxylic acids is 2. The molecule has 4 atom stereocenters. The molecule has 3 rings (SSSR count). The predicted molar refractivity (Wildman–Crippen MR) is 132 cm³/mol. The van der Waals surface area contributed by atoms with Crippen LogP contribution in [0.5, 0.6) is 0 Å². The average molecular weight is 443 g/mol. The van der Waals surface area contributed by atoms with Crippen LogP contribution in [0.25, 0.3) is 0 Å². The van der Waals surface area contributed by atoms with Crippen LogP contribution in [0.4, 0.5) is 21.0 Å². The Kier molecular flexibility index (Phi) is 7.41. The van der Waals surface area contributed by atoms with Crippen molar-refractivity contribution < 1.29 is 9.59 Å². The number of hydrogen-bond acceptors (Lipinski definition) is 2. The lowest BCUT2D eigenvalue weighted by molar-refractivity contribution is 0.154. The molecule has 0 bridgehead atoms. The molecule has 2 saturated carbocycles. The Hall–Kier alpha value is -2.24. The molecular weight excluding hydrogens is 400 g/mol. The molecular formula is C26H42N4O2. The molecule has 2 aliphatic carbocycles. The summed E-state index contributed by atoms with van der Waals surface area (Å²) < 4.78 is 0. The highest BCUT2D eigenvalue weighted by molar-refractivity contribution is 5.93. The van der Waals surface area contributed by atoms with E-state index < -0.39 is 0 Å². The van der Waals surface area contributed by atoms with Crippen molar-refractivity contribution in [1.82, 2.24) is 10.6 Å². The molecule has 4 N–H and O–H groups in total. The van der Waals surface area contributed by atoms with E-state index >= 15 is 0 Å². The van der Waals surface area contributed by atoms with E-state index in [1.54, 1.807) is 6.07 Å². The summed E-state index contributed by atoms with van der Waals surface area (Å²) >= 11 is 0. The summed E-state index contributed by atoms with van der Waals surface area (Å²) in [5.41, 5.74) is 1.82. The van der Waals surface area contributed by atoms with Gasteiger partial charge in [0.25, 0.3) is 0 Å². The van der Waals surface area contributed by atoms with Crippen LogP contribution in [0.1, 0.15) is 80.1 Å². The summed E-state index contributed by atoms with van der Waals surface area (Å²) in [5.74, 6) is 1.21. The van der Waals surface area contributed by atoms with Gasteiger partial charge in [-0.2, -0.15) is 0 Å². The van der Waals surface area contributed by atoms with Crippen molar-refractivity contribution in [2.75, 3.05) is 10.6 Å². The second kappa shape index (κ2) is 9.72. The van der Waals surface area contributed by atoms with E-state index in [4.69, 9.17) is 0 Å². The van der Waals surface area contributed by atoms with Gasteiger partial charge in [0, 0.05) is 23.5 Å². The molecule has 2 aliphatic rings. The number of rotatable bonds is 4. The zero-order valence-corrected chi connectivity index (χ0v) is 20.7. The molecule has 0 unspecified atom stereocenters. The molecule has 0 heterocycles. The average Bonchev–Trinajstić information content (AvgIpc) is 2.57. The largest absolute Gasteiger partial charge is 0.335 e. The van der Waals surface area contributed by atoms with Gasteiger partial charge in [-0.15, -0.1) is 0 Å². The maximum atomic E-state index is 12.6. The van der Waals surface area contributed by atoms with Gasteiger partial charge in [-0.05, 0) is 79.4 Å². The number of carbonyl (C=O) groups is 2. The molecule has 6 nitrogen and oxygen atoms in total. The summed E-state index contributed by atoms with van der Waals surface area (Å²) in [7, 11) is 0. The van der Waals surface area contributed by atoms with E-state index in [0.29, 0.717) is 23.2 Å². The van der Waals surface area contributed by atoms with Crippen LogP contribution in [-0.2, 0) is 0 Å². The van der Waals surface area contributed by atoms with Crippen molar-refractivity contribution in [2.45, 2.75) is 92.2 Å². The summed E-state index contributed by atoms with van der Waals surface area (Å²) in [6.45, 7) is 13.6. The molecule has 0 aliphatic heterocycles. The number of hydrogen-bond donors (Lipinski definition) is 4. The fourth-order valence-electron chi connectivity index (χ4n) is 6.29. The van der Waals surface area contributed by atoms with Crippen molar-refractivity contribution in [3.63, 3.8) is 0 Å². The Morgan fingerprint density at radius 2 is 1.16 bits per heavy atom. The van der Waals surface area contributed by atoms with Crippen LogP contribution in [0.15, 0.2) is 24.3 Å². The van der Waals surface area contributed by atoms with Crippen molar-refractivity contribution in [3.8, 4) is 0 Å². The first-order valence-electron chi connectivity index (χ1n) is 12.1. The topological polar surface area (TPSA) is 82.3 Å². The number of urea groups is 2. The summed E-state index contributed by atoms with van der Waals surface area (Å²) in [4.78, 5) is 25.1. The first-order valence-corrected chi connectivity index (χ1v) is 12.1. The lowest BCUT2D eigenvalue weighted by Gasteiger charge is -2.39. The third-order valence-electron chi connectivity index (χ3n) is 6.82. The molecule has 1 aromatic rings. The number of nitrogens with one attached hydrogen (secondary N) is 4. The van der Waals surface area contributed by atoms with Gasteiger partial charge < -0.3 is 21.3 Å². The predicted octanol–water partition coefficient (Wildman–Crippen LogP) is 6.36. The van der Waals surface area contributed by atoms with Gasteiger partial charge in [-0.3, -0.25) is 0 Å². The summed E-state index contributed by atoms with van der Waals surface area (Å²) in [5, 5.41) is 12.1. The van der Waals surface area contributed by atoms with Crippen LogP contribution < -0.4 is 21.3 Å². The SMILES string of the molecule is C[C@@H]1C[C@@H](NC(=O)Nc2cccc(NC(=O)N[C@H]3C[C@@H](C)CC(C)(C)C3)c2)CC(C)(C)C1. The van der Waals surface area contributed by atoms with Crippen LogP contribution >= 0.6 is 0 Å². The number of anilines is 2. The lowest BCUT2D eigenvalue weighted by atomic mass is 9.70. The van der Waals surface area contributed by atoms with Crippen molar-refractivity contribution in [3.05, 3.63) is 24.3 Å². The minimum atomic E-state index is -0.195. The van der Waals surface area contributed by atoms with Crippen LogP contribution in [0.2, 0.25) is 0 Å². The van der Waals surface area contributed by atoms with E-state index in [1.165, 1.54) is 12.8 Å². The molecule has 0 spiro atoms. The molecule has 0 radical (unpaired) electrons. The normalized spacial score (nSPS) is 28.9. The van der Waals surface area contributed by atoms with Gasteiger partial charge in [0.15, 0.2) is 0 Å². The maximum absolute atomic E-state index is 12.6. The van der Waals surface area contributed by atoms with E-state index in [9.17, 15) is 9.59 Å². The number of amides is 4. The summed E-state index contributed by atoms with van der Waals surface area (Å²) in [6.07, 6.45) is 6.39. The fourth-order valence-corrected chi connectivity index (χ4v) is 6.29. The third-order valence-corrected chi connectivity index (χ3v) is 6.82. The van der Waals surface area contributed by atoms with E-state index in [-0.39, 0.29) is 35.0 Å². The van der Waals surface area contributed by atoms with Gasteiger partial charge in [-0.25, -0.2) is 9.59 Å². The van der Waals surface area contributed by atoms with Gasteiger partial charge in [0.05, 0.1) is 0 Å². The van der Waals surface area contributed by atoms with Gasteiger partial charge in [0.2, 0.25) is 0 Å². The highest BCUT2D eigenvalue weighted by Crippen LogP contribution is 2.39. The first-order chi connectivity index (χ1) is 14.9. The monoisotopic (exact) mass is 442 g/mol. The molecule has 1 aromatic carbocycles. The van der Waals surface area contributed by atoms with Gasteiger partial charge in [-0.1, -0.05) is 47.6 Å². The van der Waals surface area contributed by atoms with E-state index in [1.807, 2.05) is 18.2 Å². The van der Waals surface area contributed by atoms with E-state index in [2.05, 4.69) is 62.8 Å². The zero-order chi connectivity index (χ0) is 23.5. The van der Waals surface area contributed by atoms with Crippen LogP contribution in [0, 0.1) is 22.7 Å². The zero-order valence-electron chi connectivity index (χ0n) is 20.7. The second-order valence-electron chi connectivity index (χ2n) is 12.0. The quantitative estimate of drug-likeness (QED) is 0.437. The molecule has 6 heteroatoms.